The molecular formula is C15H20N2O3S. The molecule has 0 spiro atoms. The van der Waals surface area contributed by atoms with Crippen LogP contribution in [0.4, 0.5) is 5.69 Å². The van der Waals surface area contributed by atoms with Crippen LogP contribution in [-0.2, 0) is 4.79 Å². The summed E-state index contributed by atoms with van der Waals surface area (Å²) in [6.07, 6.45) is 0. The number of hydrogen-bond acceptors (Lipinski definition) is 4. The molecule has 1 aliphatic rings. The number of amides is 1. The lowest BCUT2D eigenvalue weighted by atomic mass is 10.1. The molecule has 1 saturated heterocycles. The molecule has 1 heterocycles. The monoisotopic (exact) mass is 308 g/mol. The number of carboxylic acid groups (broad SMARTS) is 1. The van der Waals surface area contributed by atoms with Gasteiger partial charge in [-0.15, -0.1) is 11.8 Å². The van der Waals surface area contributed by atoms with E-state index in [1.807, 2.05) is 12.1 Å². The Bertz CT molecular complexity index is 514. The quantitative estimate of drug-likeness (QED) is 0.903. The molecule has 1 N–H and O–H groups in total. The first-order chi connectivity index (χ1) is 10.1. The molecule has 0 aliphatic carbocycles. The van der Waals surface area contributed by atoms with E-state index < -0.39 is 12.0 Å². The predicted octanol–water partition coefficient (Wildman–Crippen LogP) is 2.13. The number of anilines is 1. The number of carbonyl (C=O) groups is 2. The number of aliphatic carboxylic acids is 1. The maximum Gasteiger partial charge on any atom is 0.327 e. The number of benzene rings is 1. The van der Waals surface area contributed by atoms with Gasteiger partial charge >= 0.3 is 5.97 Å². The fourth-order valence-corrected chi connectivity index (χ4v) is 3.56. The number of rotatable bonds is 5. The molecule has 0 saturated carbocycles. The van der Waals surface area contributed by atoms with Crippen LogP contribution in [0.15, 0.2) is 24.3 Å². The van der Waals surface area contributed by atoms with Crippen LogP contribution in [0, 0.1) is 0 Å². The number of carboxylic acids is 1. The van der Waals surface area contributed by atoms with Crippen molar-refractivity contribution in [2.45, 2.75) is 19.9 Å². The smallest absolute Gasteiger partial charge is 0.327 e. The normalized spacial score (nSPS) is 17.8. The molecule has 6 heteroatoms. The lowest BCUT2D eigenvalue weighted by molar-refractivity contribution is -0.140. The third-order valence-corrected chi connectivity index (χ3v) is 4.68. The van der Waals surface area contributed by atoms with E-state index in [2.05, 4.69) is 18.7 Å². The maximum absolute atomic E-state index is 12.4. The molecular weight excluding hydrogens is 288 g/mol. The number of hydrogen-bond donors (Lipinski definition) is 1. The second-order valence-electron chi connectivity index (χ2n) is 4.85. The van der Waals surface area contributed by atoms with Gasteiger partial charge in [0.15, 0.2) is 0 Å². The van der Waals surface area contributed by atoms with E-state index in [1.54, 1.807) is 12.1 Å². The molecule has 1 amide bonds. The van der Waals surface area contributed by atoms with Gasteiger partial charge in [-0.1, -0.05) is 0 Å². The summed E-state index contributed by atoms with van der Waals surface area (Å²) < 4.78 is 0. The van der Waals surface area contributed by atoms with Crippen LogP contribution < -0.4 is 4.90 Å². The van der Waals surface area contributed by atoms with Crippen molar-refractivity contribution < 1.29 is 14.7 Å². The van der Waals surface area contributed by atoms with Crippen LogP contribution in [0.2, 0.25) is 0 Å². The second kappa shape index (κ2) is 6.85. The van der Waals surface area contributed by atoms with Crippen molar-refractivity contribution in [3.05, 3.63) is 29.8 Å². The second-order valence-corrected chi connectivity index (χ2v) is 5.85. The van der Waals surface area contributed by atoms with Crippen LogP contribution in [0.5, 0.6) is 0 Å². The highest BCUT2D eigenvalue weighted by molar-refractivity contribution is 7.99. The lowest BCUT2D eigenvalue weighted by Crippen LogP contribution is -2.41. The third kappa shape index (κ3) is 3.32. The van der Waals surface area contributed by atoms with E-state index >= 15 is 0 Å². The van der Waals surface area contributed by atoms with Crippen molar-refractivity contribution in [3.8, 4) is 0 Å². The average Bonchev–Trinajstić information content (AvgIpc) is 2.98. The van der Waals surface area contributed by atoms with Crippen molar-refractivity contribution >= 4 is 29.3 Å². The summed E-state index contributed by atoms with van der Waals surface area (Å²) >= 11 is 1.47. The molecule has 21 heavy (non-hydrogen) atoms. The Morgan fingerprint density at radius 2 is 1.90 bits per heavy atom. The highest BCUT2D eigenvalue weighted by atomic mass is 32.2. The molecule has 1 aromatic carbocycles. The molecule has 114 valence electrons. The van der Waals surface area contributed by atoms with Gasteiger partial charge in [0.1, 0.15) is 6.04 Å². The van der Waals surface area contributed by atoms with Crippen LogP contribution in [0.25, 0.3) is 0 Å². The third-order valence-electron chi connectivity index (χ3n) is 3.67. The van der Waals surface area contributed by atoms with Crippen LogP contribution in [0.1, 0.15) is 24.2 Å². The van der Waals surface area contributed by atoms with Gasteiger partial charge in [0, 0.05) is 30.1 Å². The van der Waals surface area contributed by atoms with Gasteiger partial charge in [-0.05, 0) is 38.1 Å². The minimum Gasteiger partial charge on any atom is -0.480 e. The highest BCUT2D eigenvalue weighted by Gasteiger charge is 2.34. The van der Waals surface area contributed by atoms with Gasteiger partial charge in [0.05, 0.1) is 5.88 Å². The number of thioether (sulfide) groups is 1. The Hall–Kier alpha value is -1.69. The Balaban J connectivity index is 2.15. The number of carbonyl (C=O) groups excluding carboxylic acids is 1. The van der Waals surface area contributed by atoms with Crippen LogP contribution >= 0.6 is 11.8 Å². The van der Waals surface area contributed by atoms with Gasteiger partial charge < -0.3 is 14.9 Å². The van der Waals surface area contributed by atoms with Crippen LogP contribution in [0.3, 0.4) is 0 Å². The summed E-state index contributed by atoms with van der Waals surface area (Å²) in [5, 5.41) is 9.15. The molecule has 0 aromatic heterocycles. The standard InChI is InChI=1S/C15H20N2O3S/c1-3-16(4-2)12-7-5-11(6-8-12)14(18)17-10-21-9-13(17)15(19)20/h5-8,13H,3-4,9-10H2,1-2H3,(H,19,20). The Kier molecular flexibility index (Phi) is 5.12. The van der Waals surface area contributed by atoms with E-state index in [-0.39, 0.29) is 5.91 Å². The maximum atomic E-state index is 12.4. The molecule has 1 aliphatic heterocycles. The Morgan fingerprint density at radius 3 is 2.43 bits per heavy atom. The molecule has 1 aromatic rings. The topological polar surface area (TPSA) is 60.9 Å². The van der Waals surface area contributed by atoms with Gasteiger partial charge in [0.2, 0.25) is 0 Å². The van der Waals surface area contributed by atoms with Gasteiger partial charge in [-0.3, -0.25) is 4.79 Å². The fraction of sp³-hybridized carbons (Fsp3) is 0.467. The van der Waals surface area contributed by atoms with Gasteiger partial charge in [-0.25, -0.2) is 4.79 Å². The van der Waals surface area contributed by atoms with E-state index in [0.717, 1.165) is 18.8 Å². The Labute approximate surface area is 128 Å². The molecule has 5 nitrogen and oxygen atoms in total. The summed E-state index contributed by atoms with van der Waals surface area (Å²) in [5.74, 6) is -0.252. The van der Waals surface area contributed by atoms with Crippen LogP contribution in [-0.4, -0.2) is 52.6 Å². The van der Waals surface area contributed by atoms with Gasteiger partial charge in [0.25, 0.3) is 5.91 Å². The summed E-state index contributed by atoms with van der Waals surface area (Å²) in [6.45, 7) is 5.99. The molecule has 2 rings (SSSR count). The van der Waals surface area contributed by atoms with Crippen molar-refractivity contribution in [3.63, 3.8) is 0 Å². The SMILES string of the molecule is CCN(CC)c1ccc(C(=O)N2CSCC2C(=O)O)cc1. The molecule has 1 atom stereocenters. The minimum atomic E-state index is -0.937. The summed E-state index contributed by atoms with van der Waals surface area (Å²) in [7, 11) is 0. The largest absolute Gasteiger partial charge is 0.480 e. The van der Waals surface area contributed by atoms with Crippen molar-refractivity contribution in [2.75, 3.05) is 29.6 Å². The lowest BCUT2D eigenvalue weighted by Gasteiger charge is -2.23. The molecule has 0 radical (unpaired) electrons. The zero-order valence-corrected chi connectivity index (χ0v) is 13.1. The first-order valence-electron chi connectivity index (χ1n) is 7.05. The van der Waals surface area contributed by atoms with E-state index in [4.69, 9.17) is 5.11 Å². The van der Waals surface area contributed by atoms with Gasteiger partial charge in [-0.2, -0.15) is 0 Å². The zero-order valence-electron chi connectivity index (χ0n) is 12.3. The molecule has 1 unspecified atom stereocenters. The number of nitrogens with zero attached hydrogens (tertiary/aromatic N) is 2. The average molecular weight is 308 g/mol. The van der Waals surface area contributed by atoms with E-state index in [0.29, 0.717) is 17.2 Å². The summed E-state index contributed by atoms with van der Waals surface area (Å²) in [4.78, 5) is 27.2. The van der Waals surface area contributed by atoms with E-state index in [9.17, 15) is 9.59 Å². The first kappa shape index (κ1) is 15.7. The first-order valence-corrected chi connectivity index (χ1v) is 8.20. The van der Waals surface area contributed by atoms with Crippen molar-refractivity contribution in [1.29, 1.82) is 0 Å². The highest BCUT2D eigenvalue weighted by Crippen LogP contribution is 2.24. The fourth-order valence-electron chi connectivity index (χ4n) is 2.42. The summed E-state index contributed by atoms with van der Waals surface area (Å²) in [6, 6.07) is 6.67. The minimum absolute atomic E-state index is 0.210. The zero-order chi connectivity index (χ0) is 15.4. The Morgan fingerprint density at radius 1 is 1.29 bits per heavy atom. The molecule has 1 fully saturated rings. The predicted molar refractivity (Wildman–Crippen MR) is 84.9 cm³/mol. The summed E-state index contributed by atoms with van der Waals surface area (Å²) in [5.41, 5.74) is 1.61. The van der Waals surface area contributed by atoms with Crippen molar-refractivity contribution in [2.24, 2.45) is 0 Å². The molecule has 0 bridgehead atoms. The van der Waals surface area contributed by atoms with Crippen molar-refractivity contribution in [1.82, 2.24) is 4.90 Å². The van der Waals surface area contributed by atoms with E-state index in [1.165, 1.54) is 16.7 Å².